The van der Waals surface area contributed by atoms with Gasteiger partial charge in [0.25, 0.3) is 5.56 Å². The average molecular weight is 339 g/mol. The van der Waals surface area contributed by atoms with Gasteiger partial charge in [-0.25, -0.2) is 4.98 Å². The molecule has 1 fully saturated rings. The Bertz CT molecular complexity index is 938. The van der Waals surface area contributed by atoms with Gasteiger partial charge in [-0.2, -0.15) is 0 Å². The summed E-state index contributed by atoms with van der Waals surface area (Å²) < 4.78 is 10.4. The Hall–Kier alpha value is -2.60. The maximum absolute atomic E-state index is 12.1. The first-order valence-electron chi connectivity index (χ1n) is 8.55. The molecule has 6 nitrogen and oxygen atoms in total. The molecule has 6 heteroatoms. The van der Waals surface area contributed by atoms with Crippen molar-refractivity contribution < 1.29 is 9.15 Å². The van der Waals surface area contributed by atoms with Crippen LogP contribution in [-0.2, 0) is 12.1 Å². The summed E-state index contributed by atoms with van der Waals surface area (Å²) in [5, 5.41) is 4.74. The molecule has 0 aliphatic heterocycles. The number of ether oxygens (including phenoxy) is 1. The molecule has 0 amide bonds. The van der Waals surface area contributed by atoms with Crippen LogP contribution >= 0.6 is 0 Å². The molecule has 2 N–H and O–H groups in total. The third kappa shape index (κ3) is 2.93. The predicted molar refractivity (Wildman–Crippen MR) is 94.6 cm³/mol. The first-order chi connectivity index (χ1) is 12.2. The number of furan rings is 1. The smallest absolute Gasteiger partial charge is 0.293 e. The zero-order valence-corrected chi connectivity index (χ0v) is 14.2. The van der Waals surface area contributed by atoms with Gasteiger partial charge in [-0.3, -0.25) is 4.79 Å². The van der Waals surface area contributed by atoms with Gasteiger partial charge in [-0.05, 0) is 36.6 Å². The van der Waals surface area contributed by atoms with Gasteiger partial charge < -0.3 is 19.5 Å². The molecule has 2 heterocycles. The van der Waals surface area contributed by atoms with Crippen LogP contribution in [0, 0.1) is 0 Å². The molecular formula is C19H21N3O3. The Balaban J connectivity index is 1.60. The highest BCUT2D eigenvalue weighted by Crippen LogP contribution is 2.37. The molecule has 1 saturated carbocycles. The Kier molecular flexibility index (Phi) is 4.05. The number of methoxy groups -OCH3 is 1. The summed E-state index contributed by atoms with van der Waals surface area (Å²) in [7, 11) is 1.47. The summed E-state index contributed by atoms with van der Waals surface area (Å²) >= 11 is 0. The molecule has 4 rings (SSSR count). The third-order valence-corrected chi connectivity index (χ3v) is 5.04. The summed E-state index contributed by atoms with van der Waals surface area (Å²) in [6.45, 7) is 0.705. The van der Waals surface area contributed by atoms with Crippen molar-refractivity contribution in [3.05, 3.63) is 58.5 Å². The van der Waals surface area contributed by atoms with E-state index >= 15 is 0 Å². The number of nitrogens with zero attached hydrogens (tertiary/aromatic N) is 1. The third-order valence-electron chi connectivity index (χ3n) is 5.04. The van der Waals surface area contributed by atoms with E-state index < -0.39 is 0 Å². The van der Waals surface area contributed by atoms with Crippen LogP contribution in [-0.4, -0.2) is 17.1 Å². The monoisotopic (exact) mass is 339 g/mol. The highest BCUT2D eigenvalue weighted by molar-refractivity contribution is 5.77. The second kappa shape index (κ2) is 6.37. The topological polar surface area (TPSA) is 80.2 Å². The molecule has 1 aliphatic rings. The van der Waals surface area contributed by atoms with Crippen LogP contribution in [0.4, 0.5) is 0 Å². The maximum Gasteiger partial charge on any atom is 0.293 e. The van der Waals surface area contributed by atoms with Crippen molar-refractivity contribution in [1.29, 1.82) is 0 Å². The van der Waals surface area contributed by atoms with Crippen molar-refractivity contribution in [2.45, 2.75) is 37.8 Å². The number of aromatic nitrogens is 2. The molecule has 2 aromatic heterocycles. The highest BCUT2D eigenvalue weighted by atomic mass is 16.5. The van der Waals surface area contributed by atoms with Gasteiger partial charge in [0.05, 0.1) is 25.1 Å². The van der Waals surface area contributed by atoms with Gasteiger partial charge in [0.1, 0.15) is 11.4 Å². The van der Waals surface area contributed by atoms with Crippen molar-refractivity contribution in [1.82, 2.24) is 15.3 Å². The summed E-state index contributed by atoms with van der Waals surface area (Å²) in [6, 6.07) is 8.14. The first kappa shape index (κ1) is 15.9. The predicted octanol–water partition coefficient (Wildman–Crippen LogP) is 3.08. The van der Waals surface area contributed by atoms with Gasteiger partial charge in [0.2, 0.25) is 5.75 Å². The lowest BCUT2D eigenvalue weighted by atomic mass is 9.95. The normalized spacial score (nSPS) is 16.4. The van der Waals surface area contributed by atoms with Crippen LogP contribution in [0.1, 0.15) is 37.1 Å². The Morgan fingerprint density at radius 3 is 2.92 bits per heavy atom. The molecule has 0 unspecified atom stereocenters. The van der Waals surface area contributed by atoms with Crippen molar-refractivity contribution >= 4 is 11.0 Å². The van der Waals surface area contributed by atoms with Crippen molar-refractivity contribution in [2.24, 2.45) is 0 Å². The van der Waals surface area contributed by atoms with E-state index in [0.29, 0.717) is 12.4 Å². The van der Waals surface area contributed by atoms with Gasteiger partial charge in [-0.15, -0.1) is 0 Å². The van der Waals surface area contributed by atoms with E-state index in [1.54, 1.807) is 6.26 Å². The minimum Gasteiger partial charge on any atom is -0.490 e. The Labute approximate surface area is 145 Å². The second-order valence-corrected chi connectivity index (χ2v) is 6.56. The standard InChI is InChI=1S/C19H21N3O3/c1-24-16-12-20-18(22-17(16)23)19(7-2-3-8-19)21-11-13-4-5-15-14(10-13)6-9-25-15/h4-6,9-10,12,21H,2-3,7-8,11H2,1H3,(H,20,22,23). The van der Waals surface area contributed by atoms with E-state index in [2.05, 4.69) is 27.4 Å². The minimum atomic E-state index is -0.295. The molecule has 25 heavy (non-hydrogen) atoms. The fourth-order valence-corrected chi connectivity index (χ4v) is 3.65. The minimum absolute atomic E-state index is 0.236. The molecule has 1 aliphatic carbocycles. The molecule has 0 saturated heterocycles. The highest BCUT2D eigenvalue weighted by Gasteiger charge is 2.37. The van der Waals surface area contributed by atoms with Gasteiger partial charge >= 0.3 is 0 Å². The van der Waals surface area contributed by atoms with Crippen LogP contribution in [0.15, 0.2) is 45.9 Å². The van der Waals surface area contributed by atoms with Crippen LogP contribution in [0.5, 0.6) is 5.75 Å². The SMILES string of the molecule is COc1cnc(C2(NCc3ccc4occc4c3)CCCC2)[nH]c1=O. The van der Waals surface area contributed by atoms with E-state index in [9.17, 15) is 4.79 Å². The van der Waals surface area contributed by atoms with E-state index in [4.69, 9.17) is 9.15 Å². The molecule has 0 atom stereocenters. The lowest BCUT2D eigenvalue weighted by Gasteiger charge is -2.29. The molecule has 1 aromatic carbocycles. The van der Waals surface area contributed by atoms with Crippen molar-refractivity contribution in [3.63, 3.8) is 0 Å². The van der Waals surface area contributed by atoms with E-state index in [1.165, 1.54) is 18.9 Å². The number of nitrogens with one attached hydrogen (secondary N) is 2. The van der Waals surface area contributed by atoms with Crippen molar-refractivity contribution in [2.75, 3.05) is 7.11 Å². The zero-order valence-electron chi connectivity index (χ0n) is 14.2. The zero-order chi connectivity index (χ0) is 17.3. The van der Waals surface area contributed by atoms with E-state index in [0.717, 1.165) is 36.7 Å². The number of fused-ring (bicyclic) bond motifs is 1. The fraction of sp³-hybridized carbons (Fsp3) is 0.368. The number of benzene rings is 1. The van der Waals surface area contributed by atoms with E-state index in [1.807, 2.05) is 12.1 Å². The largest absolute Gasteiger partial charge is 0.490 e. The number of hydrogen-bond donors (Lipinski definition) is 2. The number of H-pyrrole nitrogens is 1. The first-order valence-corrected chi connectivity index (χ1v) is 8.55. The van der Waals surface area contributed by atoms with Crippen LogP contribution in [0.2, 0.25) is 0 Å². The Morgan fingerprint density at radius 2 is 2.16 bits per heavy atom. The number of rotatable bonds is 5. The fourth-order valence-electron chi connectivity index (χ4n) is 3.65. The quantitative estimate of drug-likeness (QED) is 0.747. The molecular weight excluding hydrogens is 318 g/mol. The average Bonchev–Trinajstić information content (AvgIpc) is 3.29. The van der Waals surface area contributed by atoms with E-state index in [-0.39, 0.29) is 16.8 Å². The second-order valence-electron chi connectivity index (χ2n) is 6.56. The summed E-state index contributed by atoms with van der Waals surface area (Å²) in [6.07, 6.45) is 7.35. The lowest BCUT2D eigenvalue weighted by Crippen LogP contribution is -2.42. The summed E-state index contributed by atoms with van der Waals surface area (Å²) in [5.41, 5.74) is 1.54. The number of aromatic amines is 1. The van der Waals surface area contributed by atoms with Gasteiger partial charge in [0, 0.05) is 11.9 Å². The molecule has 0 spiro atoms. The van der Waals surface area contributed by atoms with Gasteiger partial charge in [0.15, 0.2) is 0 Å². The molecule has 130 valence electrons. The summed E-state index contributed by atoms with van der Waals surface area (Å²) in [5.74, 6) is 0.933. The Morgan fingerprint density at radius 1 is 1.32 bits per heavy atom. The van der Waals surface area contributed by atoms with Crippen LogP contribution in [0.3, 0.4) is 0 Å². The molecule has 3 aromatic rings. The van der Waals surface area contributed by atoms with Crippen molar-refractivity contribution in [3.8, 4) is 5.75 Å². The van der Waals surface area contributed by atoms with Gasteiger partial charge in [-0.1, -0.05) is 18.9 Å². The molecule has 0 radical (unpaired) electrons. The van der Waals surface area contributed by atoms with Crippen LogP contribution in [0.25, 0.3) is 11.0 Å². The number of hydrogen-bond acceptors (Lipinski definition) is 5. The molecule has 0 bridgehead atoms. The lowest BCUT2D eigenvalue weighted by molar-refractivity contribution is 0.315. The maximum atomic E-state index is 12.1. The van der Waals surface area contributed by atoms with Crippen LogP contribution < -0.4 is 15.6 Å². The summed E-state index contributed by atoms with van der Waals surface area (Å²) in [4.78, 5) is 19.5.